The summed E-state index contributed by atoms with van der Waals surface area (Å²) in [5, 5.41) is 9.52. The first-order valence-corrected chi connectivity index (χ1v) is 7.32. The lowest BCUT2D eigenvalue weighted by Crippen LogP contribution is -2.54. The number of ketones is 1. The van der Waals surface area contributed by atoms with E-state index in [1.807, 2.05) is 18.2 Å². The summed E-state index contributed by atoms with van der Waals surface area (Å²) in [5.74, 6) is -2.94. The second-order valence-corrected chi connectivity index (χ2v) is 5.92. The van der Waals surface area contributed by atoms with Crippen LogP contribution in [0.1, 0.15) is 13.3 Å². The van der Waals surface area contributed by atoms with Gasteiger partial charge in [-0.3, -0.25) is 14.4 Å². The molecule has 1 saturated carbocycles. The van der Waals surface area contributed by atoms with E-state index < -0.39 is 23.8 Å². The maximum absolute atomic E-state index is 12.4. The van der Waals surface area contributed by atoms with Crippen molar-refractivity contribution in [3.63, 3.8) is 0 Å². The number of rotatable bonds is 5. The molecular formula is C16H18O5. The summed E-state index contributed by atoms with van der Waals surface area (Å²) in [6.07, 6.45) is 7.65. The van der Waals surface area contributed by atoms with Crippen molar-refractivity contribution in [1.82, 2.24) is 0 Å². The summed E-state index contributed by atoms with van der Waals surface area (Å²) in [6, 6.07) is 0. The largest absolute Gasteiger partial charge is 0.481 e. The van der Waals surface area contributed by atoms with E-state index >= 15 is 0 Å². The Labute approximate surface area is 122 Å². The second kappa shape index (κ2) is 5.13. The van der Waals surface area contributed by atoms with Crippen molar-refractivity contribution < 1.29 is 24.2 Å². The summed E-state index contributed by atoms with van der Waals surface area (Å²) in [5.41, 5.74) is 0. The van der Waals surface area contributed by atoms with Crippen molar-refractivity contribution in [2.45, 2.75) is 13.3 Å². The minimum atomic E-state index is -0.949. The number of carbonyl (C=O) groups excluding carboxylic acids is 2. The van der Waals surface area contributed by atoms with Crippen LogP contribution in [0.2, 0.25) is 0 Å². The first-order chi connectivity index (χ1) is 10.0. The molecule has 4 rings (SSSR count). The summed E-state index contributed by atoms with van der Waals surface area (Å²) >= 11 is 0. The van der Waals surface area contributed by atoms with Gasteiger partial charge in [0.2, 0.25) is 0 Å². The molecule has 0 aromatic heterocycles. The lowest BCUT2D eigenvalue weighted by Gasteiger charge is -2.53. The van der Waals surface area contributed by atoms with Gasteiger partial charge in [0.05, 0.1) is 12.5 Å². The van der Waals surface area contributed by atoms with Crippen LogP contribution in [0.25, 0.3) is 0 Å². The minimum absolute atomic E-state index is 0.104. The number of carboxylic acid groups (broad SMARTS) is 1. The molecule has 4 aliphatic carbocycles. The number of carbonyl (C=O) groups is 3. The van der Waals surface area contributed by atoms with Crippen LogP contribution in [0.3, 0.4) is 0 Å². The number of esters is 1. The van der Waals surface area contributed by atoms with Gasteiger partial charge in [-0.2, -0.15) is 0 Å². The molecule has 0 heterocycles. The van der Waals surface area contributed by atoms with Gasteiger partial charge in [0.1, 0.15) is 12.2 Å². The summed E-state index contributed by atoms with van der Waals surface area (Å²) < 4.78 is 4.80. The fraction of sp³-hybridized carbons (Fsp3) is 0.562. The van der Waals surface area contributed by atoms with Gasteiger partial charge < -0.3 is 9.84 Å². The number of hydrogen-bond donors (Lipinski definition) is 1. The van der Waals surface area contributed by atoms with Crippen molar-refractivity contribution in [3.05, 3.63) is 24.3 Å². The van der Waals surface area contributed by atoms with E-state index in [9.17, 15) is 19.5 Å². The molecule has 0 radical (unpaired) electrons. The van der Waals surface area contributed by atoms with E-state index in [0.717, 1.165) is 0 Å². The van der Waals surface area contributed by atoms with Crippen LogP contribution < -0.4 is 0 Å². The number of allylic oxidation sites excluding steroid dienone is 4. The van der Waals surface area contributed by atoms with Crippen LogP contribution >= 0.6 is 0 Å². The van der Waals surface area contributed by atoms with Crippen molar-refractivity contribution >= 4 is 17.7 Å². The Bertz CT molecular complexity index is 547. The molecule has 0 aromatic rings. The Morgan fingerprint density at radius 2 is 1.48 bits per heavy atom. The molecule has 6 atom stereocenters. The second-order valence-electron chi connectivity index (χ2n) is 5.92. The highest BCUT2D eigenvalue weighted by Crippen LogP contribution is 2.56. The highest BCUT2D eigenvalue weighted by molar-refractivity contribution is 5.99. The van der Waals surface area contributed by atoms with Crippen LogP contribution in [-0.4, -0.2) is 29.4 Å². The monoisotopic (exact) mass is 290 g/mol. The number of hydrogen-bond acceptors (Lipinski definition) is 4. The van der Waals surface area contributed by atoms with Gasteiger partial charge in [-0.15, -0.1) is 0 Å². The Hall–Kier alpha value is -1.91. The molecular weight excluding hydrogens is 272 g/mol. The molecule has 21 heavy (non-hydrogen) atoms. The van der Waals surface area contributed by atoms with Crippen molar-refractivity contribution in [3.8, 4) is 0 Å². The molecule has 4 aliphatic rings. The number of carboxylic acids is 1. The molecule has 6 unspecified atom stereocenters. The highest BCUT2D eigenvalue weighted by Gasteiger charge is 2.57. The average molecular weight is 290 g/mol. The third-order valence-corrected chi connectivity index (χ3v) is 4.94. The third-order valence-electron chi connectivity index (χ3n) is 4.94. The average Bonchev–Trinajstić information content (AvgIpc) is 2.37. The zero-order valence-electron chi connectivity index (χ0n) is 11.8. The van der Waals surface area contributed by atoms with Gasteiger partial charge in [-0.25, -0.2) is 0 Å². The number of aliphatic carboxylic acids is 1. The van der Waals surface area contributed by atoms with Gasteiger partial charge >= 0.3 is 11.9 Å². The topological polar surface area (TPSA) is 80.7 Å². The minimum Gasteiger partial charge on any atom is -0.481 e. The Kier molecular flexibility index (Phi) is 3.43. The van der Waals surface area contributed by atoms with Gasteiger partial charge in [0.25, 0.3) is 0 Å². The van der Waals surface area contributed by atoms with Crippen molar-refractivity contribution in [1.29, 1.82) is 0 Å². The molecule has 0 spiro atoms. The zero-order valence-corrected chi connectivity index (χ0v) is 11.8. The summed E-state index contributed by atoms with van der Waals surface area (Å²) in [6.45, 7) is 1.90. The maximum atomic E-state index is 12.4. The molecule has 0 aliphatic heterocycles. The molecule has 5 nitrogen and oxygen atoms in total. The van der Waals surface area contributed by atoms with Gasteiger partial charge in [0, 0.05) is 5.92 Å². The molecule has 0 saturated heterocycles. The first-order valence-electron chi connectivity index (χ1n) is 7.32. The number of fused-ring (bicyclic) bond motifs is 1. The maximum Gasteiger partial charge on any atom is 0.313 e. The first kappa shape index (κ1) is 14.0. The molecule has 2 bridgehead atoms. The van der Waals surface area contributed by atoms with Crippen molar-refractivity contribution in [2.24, 2.45) is 35.5 Å². The van der Waals surface area contributed by atoms with Crippen LogP contribution in [0, 0.1) is 35.5 Å². The highest BCUT2D eigenvalue weighted by atomic mass is 16.5. The van der Waals surface area contributed by atoms with Crippen LogP contribution in [0.4, 0.5) is 0 Å². The predicted octanol–water partition coefficient (Wildman–Crippen LogP) is 1.44. The predicted molar refractivity (Wildman–Crippen MR) is 73.1 cm³/mol. The molecule has 0 aromatic carbocycles. The summed E-state index contributed by atoms with van der Waals surface area (Å²) in [7, 11) is 0. The Morgan fingerprint density at radius 1 is 0.952 bits per heavy atom. The quantitative estimate of drug-likeness (QED) is 0.471. The van der Waals surface area contributed by atoms with Gasteiger partial charge in [-0.05, 0) is 30.6 Å². The zero-order chi connectivity index (χ0) is 15.1. The molecule has 1 N–H and O–H groups in total. The van der Waals surface area contributed by atoms with Crippen LogP contribution in [-0.2, 0) is 19.1 Å². The van der Waals surface area contributed by atoms with Gasteiger partial charge in [-0.1, -0.05) is 24.3 Å². The van der Waals surface area contributed by atoms with E-state index in [2.05, 4.69) is 6.08 Å². The lowest BCUT2D eigenvalue weighted by atomic mass is 9.49. The van der Waals surface area contributed by atoms with E-state index in [4.69, 9.17) is 4.74 Å². The third kappa shape index (κ3) is 2.11. The van der Waals surface area contributed by atoms with Crippen LogP contribution in [0.15, 0.2) is 24.3 Å². The van der Waals surface area contributed by atoms with Crippen LogP contribution in [0.5, 0.6) is 0 Å². The molecule has 1 fully saturated rings. The van der Waals surface area contributed by atoms with E-state index in [-0.39, 0.29) is 42.5 Å². The molecule has 112 valence electrons. The van der Waals surface area contributed by atoms with Gasteiger partial charge in [0.15, 0.2) is 0 Å². The smallest absolute Gasteiger partial charge is 0.313 e. The van der Waals surface area contributed by atoms with Crippen molar-refractivity contribution in [2.75, 3.05) is 6.61 Å². The summed E-state index contributed by atoms with van der Waals surface area (Å²) in [4.78, 5) is 35.6. The Morgan fingerprint density at radius 3 is 1.95 bits per heavy atom. The Balaban J connectivity index is 1.84. The fourth-order valence-electron chi connectivity index (χ4n) is 4.05. The van der Waals surface area contributed by atoms with E-state index in [0.29, 0.717) is 0 Å². The molecule has 0 amide bonds. The number of ether oxygens (including phenoxy) is 1. The van der Waals surface area contributed by atoms with E-state index in [1.54, 1.807) is 6.92 Å². The standard InChI is InChI=1S/C16H18O5/c1-2-21-13(18)7-12(17)14-10-5-6-11(15(14)16(19)20)9-4-3-8(9)10/h3-6,8-11,14-15H,2,7H2,1H3,(H,19,20). The molecule has 5 heteroatoms. The SMILES string of the molecule is CCOC(=O)CC(=O)C1C2C=CC(C3C=CC32)C1C(=O)O. The fourth-order valence-corrected chi connectivity index (χ4v) is 4.05. The number of Topliss-reactive ketones (excluding diaryl/α,β-unsaturated/α-hetero) is 1. The van der Waals surface area contributed by atoms with E-state index in [1.165, 1.54) is 0 Å². The lowest BCUT2D eigenvalue weighted by molar-refractivity contribution is -0.158. The normalized spacial score (nSPS) is 38.5.